The van der Waals surface area contributed by atoms with Crippen molar-refractivity contribution >= 4 is 5.91 Å². The van der Waals surface area contributed by atoms with E-state index in [1.54, 1.807) is 6.20 Å². The third-order valence-corrected chi connectivity index (χ3v) is 5.36. The van der Waals surface area contributed by atoms with E-state index in [2.05, 4.69) is 54.5 Å². The third-order valence-electron chi connectivity index (χ3n) is 5.36. The Kier molecular flexibility index (Phi) is 5.80. The highest BCUT2D eigenvalue weighted by Gasteiger charge is 2.21. The van der Waals surface area contributed by atoms with Gasteiger partial charge in [-0.05, 0) is 36.8 Å². The minimum absolute atomic E-state index is 0.105. The van der Waals surface area contributed by atoms with E-state index in [-0.39, 0.29) is 11.9 Å². The van der Waals surface area contributed by atoms with Crippen molar-refractivity contribution < 1.29 is 4.79 Å². The first-order valence-corrected chi connectivity index (χ1v) is 10.00. The molecule has 3 aromatic rings. The molecule has 28 heavy (non-hydrogen) atoms. The third kappa shape index (κ3) is 4.65. The number of aromatic amines is 1. The Bertz CT molecular complexity index is 887. The first kappa shape index (κ1) is 18.4. The Morgan fingerprint density at radius 3 is 2.82 bits per heavy atom. The molecule has 3 heterocycles. The van der Waals surface area contributed by atoms with E-state index < -0.39 is 0 Å². The van der Waals surface area contributed by atoms with Gasteiger partial charge < -0.3 is 9.88 Å². The van der Waals surface area contributed by atoms with Gasteiger partial charge in [0.15, 0.2) is 0 Å². The summed E-state index contributed by atoms with van der Waals surface area (Å²) in [5.74, 6) is 2.19. The van der Waals surface area contributed by atoms with Crippen molar-refractivity contribution in [3.05, 3.63) is 65.5 Å². The number of fused-ring (bicyclic) bond motifs is 1. The molecule has 7 heteroatoms. The molecule has 0 bridgehead atoms. The first-order chi connectivity index (χ1) is 13.8. The fourth-order valence-corrected chi connectivity index (χ4v) is 3.75. The normalized spacial score (nSPS) is 16.4. The molecule has 0 saturated carbocycles. The van der Waals surface area contributed by atoms with E-state index in [4.69, 9.17) is 0 Å². The van der Waals surface area contributed by atoms with Gasteiger partial charge in [-0.25, -0.2) is 0 Å². The molecule has 0 radical (unpaired) electrons. The van der Waals surface area contributed by atoms with Gasteiger partial charge in [0.2, 0.25) is 5.91 Å². The zero-order valence-electron chi connectivity index (χ0n) is 16.0. The fraction of sp³-hybridized carbons (Fsp3) is 0.429. The lowest BCUT2D eigenvalue weighted by Crippen LogP contribution is -2.35. The molecule has 0 fully saturated rings. The monoisotopic (exact) mass is 378 g/mol. The zero-order chi connectivity index (χ0) is 19.2. The summed E-state index contributed by atoms with van der Waals surface area (Å²) in [6, 6.07) is 10.7. The van der Waals surface area contributed by atoms with Crippen LogP contribution in [0.5, 0.6) is 0 Å². The molecule has 0 saturated heterocycles. The molecule has 1 aliphatic rings. The van der Waals surface area contributed by atoms with E-state index in [1.807, 2.05) is 12.3 Å². The van der Waals surface area contributed by atoms with Gasteiger partial charge in [-0.1, -0.05) is 30.3 Å². The maximum Gasteiger partial charge on any atom is 0.220 e. The van der Waals surface area contributed by atoms with E-state index in [0.29, 0.717) is 12.8 Å². The number of aryl methyl sites for hydroxylation is 4. The largest absolute Gasteiger partial charge is 0.353 e. The van der Waals surface area contributed by atoms with Gasteiger partial charge in [-0.2, -0.15) is 5.10 Å². The molecule has 1 amide bonds. The van der Waals surface area contributed by atoms with Crippen LogP contribution in [0.15, 0.2) is 42.7 Å². The molecular weight excluding hydrogens is 352 g/mol. The average molecular weight is 378 g/mol. The molecule has 7 nitrogen and oxygen atoms in total. The first-order valence-electron chi connectivity index (χ1n) is 10.00. The summed E-state index contributed by atoms with van der Waals surface area (Å²) < 4.78 is 2.25. The lowest BCUT2D eigenvalue weighted by atomic mass is 10.1. The summed E-state index contributed by atoms with van der Waals surface area (Å²) in [6.07, 6.45) is 9.34. The predicted molar refractivity (Wildman–Crippen MR) is 106 cm³/mol. The predicted octanol–water partition coefficient (Wildman–Crippen LogP) is 2.24. The van der Waals surface area contributed by atoms with Crippen LogP contribution < -0.4 is 5.32 Å². The molecule has 2 N–H and O–H groups in total. The molecule has 1 atom stereocenters. The number of carbonyl (C=O) groups excluding carboxylic acids is 1. The van der Waals surface area contributed by atoms with Gasteiger partial charge in [-0.15, -0.1) is 10.2 Å². The second-order valence-corrected chi connectivity index (χ2v) is 7.37. The summed E-state index contributed by atoms with van der Waals surface area (Å²) in [4.78, 5) is 12.3. The van der Waals surface area contributed by atoms with E-state index >= 15 is 0 Å². The van der Waals surface area contributed by atoms with Gasteiger partial charge >= 0.3 is 0 Å². The lowest BCUT2D eigenvalue weighted by molar-refractivity contribution is -0.121. The van der Waals surface area contributed by atoms with Crippen molar-refractivity contribution in [3.63, 3.8) is 0 Å². The standard InChI is InChI=1S/C21H26N6O/c28-21(11-7-17-14-22-23-15-17)24-18-8-10-20-26-25-19(27(20)13-12-18)9-6-16-4-2-1-3-5-16/h1-5,14-15,18H,6-13H2,(H,22,23)(H,24,28). The molecule has 146 valence electrons. The Labute approximate surface area is 164 Å². The number of carbonyl (C=O) groups is 1. The van der Waals surface area contributed by atoms with Gasteiger partial charge in [0.1, 0.15) is 11.6 Å². The van der Waals surface area contributed by atoms with Crippen LogP contribution in [-0.4, -0.2) is 36.9 Å². The summed E-state index contributed by atoms with van der Waals surface area (Å²) >= 11 is 0. The fourth-order valence-electron chi connectivity index (χ4n) is 3.75. The Morgan fingerprint density at radius 2 is 2.00 bits per heavy atom. The van der Waals surface area contributed by atoms with Crippen molar-refractivity contribution in [2.45, 2.75) is 57.5 Å². The Balaban J connectivity index is 1.29. The highest BCUT2D eigenvalue weighted by molar-refractivity contribution is 5.76. The molecule has 1 aromatic carbocycles. The number of nitrogens with zero attached hydrogens (tertiary/aromatic N) is 4. The van der Waals surface area contributed by atoms with E-state index in [0.717, 1.165) is 55.9 Å². The van der Waals surface area contributed by atoms with Crippen LogP contribution in [0, 0.1) is 0 Å². The number of rotatable bonds is 7. The second-order valence-electron chi connectivity index (χ2n) is 7.37. The molecule has 0 aliphatic carbocycles. The van der Waals surface area contributed by atoms with Crippen LogP contribution in [0.1, 0.15) is 42.0 Å². The molecule has 1 aliphatic heterocycles. The van der Waals surface area contributed by atoms with Crippen LogP contribution in [-0.2, 0) is 37.0 Å². The van der Waals surface area contributed by atoms with Gasteiger partial charge in [0.05, 0.1) is 6.20 Å². The summed E-state index contributed by atoms with van der Waals surface area (Å²) in [6.45, 7) is 0.860. The smallest absolute Gasteiger partial charge is 0.220 e. The van der Waals surface area contributed by atoms with E-state index in [9.17, 15) is 4.79 Å². The molecule has 4 rings (SSSR count). The number of amides is 1. The number of hydrogen-bond donors (Lipinski definition) is 2. The number of H-pyrrole nitrogens is 1. The maximum atomic E-state index is 12.3. The molecular formula is C21H26N6O. The molecule has 2 aromatic heterocycles. The number of nitrogens with one attached hydrogen (secondary N) is 2. The zero-order valence-corrected chi connectivity index (χ0v) is 16.0. The topological polar surface area (TPSA) is 88.5 Å². The Morgan fingerprint density at radius 1 is 1.11 bits per heavy atom. The van der Waals surface area contributed by atoms with Crippen LogP contribution in [0.3, 0.4) is 0 Å². The van der Waals surface area contributed by atoms with Crippen LogP contribution in [0.4, 0.5) is 0 Å². The SMILES string of the molecule is O=C(CCc1cn[nH]c1)NC1CCc2nnc(CCc3ccccc3)n2CC1. The van der Waals surface area contributed by atoms with Crippen molar-refractivity contribution in [2.75, 3.05) is 0 Å². The van der Waals surface area contributed by atoms with Crippen LogP contribution in [0.2, 0.25) is 0 Å². The minimum atomic E-state index is 0.105. The Hall–Kier alpha value is -2.96. The summed E-state index contributed by atoms with van der Waals surface area (Å²) in [5, 5.41) is 18.7. The van der Waals surface area contributed by atoms with Gasteiger partial charge in [-0.3, -0.25) is 9.89 Å². The quantitative estimate of drug-likeness (QED) is 0.660. The number of hydrogen-bond acceptors (Lipinski definition) is 4. The molecule has 0 spiro atoms. The highest BCUT2D eigenvalue weighted by Crippen LogP contribution is 2.17. The maximum absolute atomic E-state index is 12.3. The van der Waals surface area contributed by atoms with Crippen LogP contribution in [0.25, 0.3) is 0 Å². The average Bonchev–Trinajstić information content (AvgIpc) is 3.33. The van der Waals surface area contributed by atoms with Crippen molar-refractivity contribution in [1.82, 2.24) is 30.3 Å². The van der Waals surface area contributed by atoms with Crippen molar-refractivity contribution in [1.29, 1.82) is 0 Å². The second kappa shape index (κ2) is 8.82. The van der Waals surface area contributed by atoms with Gasteiger partial charge in [0.25, 0.3) is 0 Å². The highest BCUT2D eigenvalue weighted by atomic mass is 16.1. The summed E-state index contributed by atoms with van der Waals surface area (Å²) in [7, 11) is 0. The summed E-state index contributed by atoms with van der Waals surface area (Å²) in [5.41, 5.74) is 2.38. The van der Waals surface area contributed by atoms with Crippen LogP contribution >= 0.6 is 0 Å². The van der Waals surface area contributed by atoms with Crippen molar-refractivity contribution in [3.8, 4) is 0 Å². The van der Waals surface area contributed by atoms with Gasteiger partial charge in [0, 0.05) is 38.0 Å². The lowest BCUT2D eigenvalue weighted by Gasteiger charge is -2.16. The number of aromatic nitrogens is 5. The minimum Gasteiger partial charge on any atom is -0.353 e. The number of benzene rings is 1. The van der Waals surface area contributed by atoms with Crippen molar-refractivity contribution in [2.24, 2.45) is 0 Å². The molecule has 1 unspecified atom stereocenters. The van der Waals surface area contributed by atoms with E-state index in [1.165, 1.54) is 5.56 Å².